The van der Waals surface area contributed by atoms with Gasteiger partial charge in [-0.2, -0.15) is 17.5 Å². The second kappa shape index (κ2) is 9.14. The van der Waals surface area contributed by atoms with E-state index >= 15 is 0 Å². The number of sulfonamides is 1. The minimum atomic E-state index is -4.56. The summed E-state index contributed by atoms with van der Waals surface area (Å²) in [5, 5.41) is 2.72. The van der Waals surface area contributed by atoms with Crippen molar-refractivity contribution in [3.05, 3.63) is 71.3 Å². The molecule has 2 amide bonds. The third kappa shape index (κ3) is 5.72. The van der Waals surface area contributed by atoms with Crippen molar-refractivity contribution in [2.45, 2.75) is 31.7 Å². The molecule has 0 aliphatic carbocycles. The van der Waals surface area contributed by atoms with Gasteiger partial charge in [0.05, 0.1) is 18.4 Å². The Labute approximate surface area is 190 Å². The van der Waals surface area contributed by atoms with E-state index in [1.165, 1.54) is 19.1 Å². The van der Waals surface area contributed by atoms with Crippen LogP contribution in [0.3, 0.4) is 0 Å². The summed E-state index contributed by atoms with van der Waals surface area (Å²) in [5.41, 5.74) is -1.55. The third-order valence-corrected chi connectivity index (χ3v) is 6.74. The van der Waals surface area contributed by atoms with E-state index in [9.17, 15) is 31.2 Å². The van der Waals surface area contributed by atoms with Crippen molar-refractivity contribution in [3.63, 3.8) is 0 Å². The van der Waals surface area contributed by atoms with E-state index in [-0.39, 0.29) is 25.2 Å². The summed E-state index contributed by atoms with van der Waals surface area (Å²) in [6, 6.07) is 13.5. The molecule has 1 saturated heterocycles. The summed E-state index contributed by atoms with van der Waals surface area (Å²) >= 11 is 0. The number of carbonyl (C=O) groups is 2. The molecule has 3 rings (SSSR count). The highest BCUT2D eigenvalue weighted by atomic mass is 32.2. The van der Waals surface area contributed by atoms with Gasteiger partial charge in [-0.1, -0.05) is 42.5 Å². The van der Waals surface area contributed by atoms with E-state index in [1.54, 1.807) is 24.3 Å². The van der Waals surface area contributed by atoms with Gasteiger partial charge in [0.15, 0.2) is 0 Å². The molecule has 1 heterocycles. The van der Waals surface area contributed by atoms with Crippen LogP contribution in [-0.4, -0.2) is 54.3 Å². The molecule has 0 bridgehead atoms. The third-order valence-electron chi connectivity index (χ3n) is 5.54. The first kappa shape index (κ1) is 24.7. The predicted octanol–water partition coefficient (Wildman–Crippen LogP) is 2.38. The van der Waals surface area contributed by atoms with Crippen molar-refractivity contribution >= 4 is 21.8 Å². The SMILES string of the molecule is CC1(C(=O)NCc2ccccc2)CN(S(C)(=O)=O)CC(=O)N1Cc1cccc(C(F)(F)F)c1. The zero-order valence-electron chi connectivity index (χ0n) is 18.1. The number of rotatable bonds is 6. The smallest absolute Gasteiger partial charge is 0.350 e. The van der Waals surface area contributed by atoms with Crippen LogP contribution in [0.15, 0.2) is 54.6 Å². The Morgan fingerprint density at radius 2 is 1.73 bits per heavy atom. The summed E-state index contributed by atoms with van der Waals surface area (Å²) in [6.45, 7) is 0.446. The topological polar surface area (TPSA) is 86.8 Å². The molecule has 1 unspecified atom stereocenters. The summed E-state index contributed by atoms with van der Waals surface area (Å²) in [4.78, 5) is 27.3. The standard InChI is InChI=1S/C22H24F3N3O4S/c1-21(20(30)26-12-16-7-4-3-5-8-16)15-27(33(2,31)32)14-19(29)28(21)13-17-9-6-10-18(11-17)22(23,24)25/h3-11H,12-15H2,1-2H3,(H,26,30). The minimum Gasteiger partial charge on any atom is -0.350 e. The molecule has 1 aliphatic rings. The van der Waals surface area contributed by atoms with Gasteiger partial charge in [-0.05, 0) is 30.2 Å². The lowest BCUT2D eigenvalue weighted by atomic mass is 9.94. The maximum Gasteiger partial charge on any atom is 0.416 e. The molecule has 1 atom stereocenters. The van der Waals surface area contributed by atoms with E-state index in [2.05, 4.69) is 5.32 Å². The first-order chi connectivity index (χ1) is 15.3. The van der Waals surface area contributed by atoms with Crippen LogP contribution in [-0.2, 0) is 38.9 Å². The largest absolute Gasteiger partial charge is 0.416 e. The van der Waals surface area contributed by atoms with E-state index in [0.717, 1.165) is 33.2 Å². The number of hydrogen-bond donors (Lipinski definition) is 1. The molecule has 7 nitrogen and oxygen atoms in total. The van der Waals surface area contributed by atoms with Crippen LogP contribution in [0.1, 0.15) is 23.6 Å². The van der Waals surface area contributed by atoms with Crippen LogP contribution in [0.25, 0.3) is 0 Å². The number of hydrogen-bond acceptors (Lipinski definition) is 4. The highest BCUT2D eigenvalue weighted by molar-refractivity contribution is 7.88. The lowest BCUT2D eigenvalue weighted by Gasteiger charge is -2.46. The maximum absolute atomic E-state index is 13.2. The Bertz CT molecular complexity index is 1140. The highest BCUT2D eigenvalue weighted by Gasteiger charge is 2.49. The average Bonchev–Trinajstić information content (AvgIpc) is 2.74. The fourth-order valence-electron chi connectivity index (χ4n) is 3.68. The molecule has 33 heavy (non-hydrogen) atoms. The van der Waals surface area contributed by atoms with E-state index in [4.69, 9.17) is 0 Å². The molecule has 178 valence electrons. The molecule has 11 heteroatoms. The van der Waals surface area contributed by atoms with Crippen molar-refractivity contribution in [3.8, 4) is 0 Å². The van der Waals surface area contributed by atoms with Crippen molar-refractivity contribution in [1.29, 1.82) is 0 Å². The second-order valence-corrected chi connectivity index (χ2v) is 10.1. The van der Waals surface area contributed by atoms with Crippen LogP contribution in [0.4, 0.5) is 13.2 Å². The Balaban J connectivity index is 1.92. The number of alkyl halides is 3. The maximum atomic E-state index is 13.2. The molecule has 2 aromatic rings. The number of carbonyl (C=O) groups excluding carboxylic acids is 2. The second-order valence-electron chi connectivity index (χ2n) is 8.15. The highest BCUT2D eigenvalue weighted by Crippen LogP contribution is 2.31. The van der Waals surface area contributed by atoms with Gasteiger partial charge in [0.1, 0.15) is 5.54 Å². The molecule has 0 saturated carbocycles. The van der Waals surface area contributed by atoms with Crippen molar-refractivity contribution in [1.82, 2.24) is 14.5 Å². The predicted molar refractivity (Wildman–Crippen MR) is 115 cm³/mol. The van der Waals surface area contributed by atoms with Gasteiger partial charge in [0.2, 0.25) is 21.8 Å². The first-order valence-corrected chi connectivity index (χ1v) is 11.9. The van der Waals surface area contributed by atoms with Crippen LogP contribution >= 0.6 is 0 Å². The zero-order chi connectivity index (χ0) is 24.4. The Morgan fingerprint density at radius 3 is 2.33 bits per heavy atom. The monoisotopic (exact) mass is 483 g/mol. The summed E-state index contributed by atoms with van der Waals surface area (Å²) in [6.07, 6.45) is -3.63. The minimum absolute atomic E-state index is 0.139. The van der Waals surface area contributed by atoms with Gasteiger partial charge in [-0.3, -0.25) is 9.59 Å². The molecule has 0 radical (unpaired) electrons. The Hall–Kier alpha value is -2.92. The van der Waals surface area contributed by atoms with Crippen LogP contribution in [0.2, 0.25) is 0 Å². The summed E-state index contributed by atoms with van der Waals surface area (Å²) in [7, 11) is -3.80. The summed E-state index contributed by atoms with van der Waals surface area (Å²) < 4.78 is 64.6. The normalized spacial score (nSPS) is 20.0. The van der Waals surface area contributed by atoms with Crippen LogP contribution in [0.5, 0.6) is 0 Å². The lowest BCUT2D eigenvalue weighted by Crippen LogP contribution is -2.69. The van der Waals surface area contributed by atoms with Gasteiger partial charge in [-0.25, -0.2) is 8.42 Å². The average molecular weight is 484 g/mol. The number of nitrogens with zero attached hydrogens (tertiary/aromatic N) is 2. The molecule has 1 aliphatic heterocycles. The number of nitrogens with one attached hydrogen (secondary N) is 1. The van der Waals surface area contributed by atoms with Gasteiger partial charge in [-0.15, -0.1) is 0 Å². The first-order valence-electron chi connectivity index (χ1n) is 10.0. The van der Waals surface area contributed by atoms with Crippen LogP contribution in [0, 0.1) is 0 Å². The molecule has 0 spiro atoms. The lowest BCUT2D eigenvalue weighted by molar-refractivity contribution is -0.153. The summed E-state index contributed by atoms with van der Waals surface area (Å²) in [5.74, 6) is -1.29. The van der Waals surface area contributed by atoms with Gasteiger partial charge in [0, 0.05) is 19.6 Å². The van der Waals surface area contributed by atoms with E-state index in [0.29, 0.717) is 0 Å². The number of benzene rings is 2. The number of amides is 2. The van der Waals surface area contributed by atoms with Crippen molar-refractivity contribution in [2.24, 2.45) is 0 Å². The number of halogens is 3. The Morgan fingerprint density at radius 1 is 1.09 bits per heavy atom. The molecule has 1 fully saturated rings. The molecule has 0 aromatic heterocycles. The quantitative estimate of drug-likeness (QED) is 0.684. The fraction of sp³-hybridized carbons (Fsp3) is 0.364. The van der Waals surface area contributed by atoms with Crippen molar-refractivity contribution < 1.29 is 31.2 Å². The van der Waals surface area contributed by atoms with Crippen molar-refractivity contribution in [2.75, 3.05) is 19.3 Å². The van der Waals surface area contributed by atoms with Gasteiger partial charge in [0.25, 0.3) is 0 Å². The molecular weight excluding hydrogens is 459 g/mol. The number of piperazine rings is 1. The molecular formula is C22H24F3N3O4S. The Kier molecular flexibility index (Phi) is 6.85. The molecule has 1 N–H and O–H groups in total. The van der Waals surface area contributed by atoms with E-state index < -0.39 is 45.7 Å². The zero-order valence-corrected chi connectivity index (χ0v) is 18.9. The fourth-order valence-corrected chi connectivity index (χ4v) is 4.52. The van der Waals surface area contributed by atoms with Crippen LogP contribution < -0.4 is 5.32 Å². The molecule has 2 aromatic carbocycles. The van der Waals surface area contributed by atoms with Gasteiger partial charge < -0.3 is 10.2 Å². The van der Waals surface area contributed by atoms with E-state index in [1.807, 2.05) is 6.07 Å². The van der Waals surface area contributed by atoms with Gasteiger partial charge >= 0.3 is 6.18 Å².